The first-order valence-electron chi connectivity index (χ1n) is 5.93. The van der Waals surface area contributed by atoms with Crippen molar-refractivity contribution in [1.29, 1.82) is 0 Å². The quantitative estimate of drug-likeness (QED) is 0.768. The van der Waals surface area contributed by atoms with Crippen molar-refractivity contribution in [3.05, 3.63) is 12.7 Å². The summed E-state index contributed by atoms with van der Waals surface area (Å²) in [6.45, 7) is 12.8. The van der Waals surface area contributed by atoms with Crippen LogP contribution in [0.3, 0.4) is 0 Å². The van der Waals surface area contributed by atoms with E-state index < -0.39 is 23.7 Å². The molecule has 1 atom stereocenters. The van der Waals surface area contributed by atoms with Crippen LogP contribution in [-0.2, 0) is 9.53 Å². The number of nitrogens with zero attached hydrogens (tertiary/aromatic N) is 1. The molecule has 0 aliphatic rings. The van der Waals surface area contributed by atoms with Crippen molar-refractivity contribution in [3.63, 3.8) is 0 Å². The summed E-state index contributed by atoms with van der Waals surface area (Å²) in [5.74, 6) is -0.976. The van der Waals surface area contributed by atoms with Gasteiger partial charge in [-0.25, -0.2) is 9.59 Å². The van der Waals surface area contributed by atoms with E-state index in [4.69, 9.17) is 9.84 Å². The molecule has 0 aromatic rings. The number of amides is 1. The monoisotopic (exact) mass is 257 g/mol. The molecule has 1 N–H and O–H groups in total. The summed E-state index contributed by atoms with van der Waals surface area (Å²) in [7, 11) is 0. The fourth-order valence-electron chi connectivity index (χ4n) is 1.38. The van der Waals surface area contributed by atoms with E-state index in [1.165, 1.54) is 11.0 Å². The van der Waals surface area contributed by atoms with Crippen LogP contribution >= 0.6 is 0 Å². The molecule has 0 unspecified atom stereocenters. The third-order valence-electron chi connectivity index (χ3n) is 2.00. The van der Waals surface area contributed by atoms with Gasteiger partial charge in [0, 0.05) is 6.54 Å². The Labute approximate surface area is 108 Å². The molecule has 0 aromatic heterocycles. The summed E-state index contributed by atoms with van der Waals surface area (Å²) in [6, 6.07) is -1.07. The van der Waals surface area contributed by atoms with Crippen molar-refractivity contribution in [1.82, 2.24) is 4.90 Å². The third kappa shape index (κ3) is 5.70. The van der Waals surface area contributed by atoms with Crippen LogP contribution in [-0.4, -0.2) is 40.3 Å². The van der Waals surface area contributed by atoms with Crippen molar-refractivity contribution in [2.24, 2.45) is 5.92 Å². The van der Waals surface area contributed by atoms with E-state index >= 15 is 0 Å². The van der Waals surface area contributed by atoms with Gasteiger partial charge in [-0.05, 0) is 26.7 Å². The third-order valence-corrected chi connectivity index (χ3v) is 2.00. The lowest BCUT2D eigenvalue weighted by atomic mass is 10.1. The Balaban J connectivity index is 5.03. The number of hydrogen-bond acceptors (Lipinski definition) is 3. The fraction of sp³-hybridized carbons (Fsp3) is 0.692. The maximum Gasteiger partial charge on any atom is 0.411 e. The Hall–Kier alpha value is -1.52. The summed E-state index contributed by atoms with van der Waals surface area (Å²) in [6.07, 6.45) is 0.595. The highest BCUT2D eigenvalue weighted by Crippen LogP contribution is 2.14. The number of aliphatic carboxylic acids is 1. The van der Waals surface area contributed by atoms with Gasteiger partial charge in [0.1, 0.15) is 5.60 Å². The van der Waals surface area contributed by atoms with Crippen LogP contribution in [0.15, 0.2) is 12.7 Å². The number of ether oxygens (including phenoxy) is 1. The summed E-state index contributed by atoms with van der Waals surface area (Å²) < 4.78 is 5.21. The molecule has 0 saturated carbocycles. The minimum atomic E-state index is -1.11. The summed E-state index contributed by atoms with van der Waals surface area (Å²) in [5, 5.41) is 9.08. The molecule has 0 rings (SSSR count). The van der Waals surface area contributed by atoms with Gasteiger partial charge in [0.2, 0.25) is 0 Å². The minimum Gasteiger partial charge on any atom is -0.479 e. The van der Waals surface area contributed by atoms with Gasteiger partial charge in [0.05, 0.1) is 0 Å². The first-order valence-corrected chi connectivity index (χ1v) is 5.93. The molecule has 1 amide bonds. The van der Waals surface area contributed by atoms with E-state index in [2.05, 4.69) is 6.58 Å². The van der Waals surface area contributed by atoms with Gasteiger partial charge in [-0.15, -0.1) is 6.58 Å². The highest BCUT2D eigenvalue weighted by Gasteiger charge is 2.31. The maximum absolute atomic E-state index is 12.0. The van der Waals surface area contributed by atoms with E-state index in [0.29, 0.717) is 6.54 Å². The highest BCUT2D eigenvalue weighted by molar-refractivity contribution is 5.82. The SMILES string of the molecule is C=C[C@@H](C(=O)O)N(CC(C)C)C(=O)OC(C)(C)C. The summed E-state index contributed by atoms with van der Waals surface area (Å²) in [5.41, 5.74) is -0.656. The second-order valence-electron chi connectivity index (χ2n) is 5.55. The predicted molar refractivity (Wildman–Crippen MR) is 69.4 cm³/mol. The summed E-state index contributed by atoms with van der Waals surface area (Å²) in [4.78, 5) is 24.3. The Morgan fingerprint density at radius 2 is 1.89 bits per heavy atom. The van der Waals surface area contributed by atoms with Gasteiger partial charge >= 0.3 is 12.1 Å². The zero-order valence-electron chi connectivity index (χ0n) is 11.8. The van der Waals surface area contributed by atoms with Gasteiger partial charge < -0.3 is 9.84 Å². The van der Waals surface area contributed by atoms with Crippen LogP contribution in [0.2, 0.25) is 0 Å². The molecule has 18 heavy (non-hydrogen) atoms. The zero-order valence-corrected chi connectivity index (χ0v) is 11.8. The van der Waals surface area contributed by atoms with E-state index in [9.17, 15) is 9.59 Å². The van der Waals surface area contributed by atoms with E-state index in [0.717, 1.165) is 0 Å². The molecule has 5 heteroatoms. The second kappa shape index (κ2) is 6.42. The van der Waals surface area contributed by atoms with Gasteiger partial charge in [-0.2, -0.15) is 0 Å². The molecule has 0 aromatic carbocycles. The lowest BCUT2D eigenvalue weighted by molar-refractivity contribution is -0.141. The Morgan fingerprint density at radius 3 is 2.17 bits per heavy atom. The zero-order chi connectivity index (χ0) is 14.5. The lowest BCUT2D eigenvalue weighted by Gasteiger charge is -2.31. The number of hydrogen-bond donors (Lipinski definition) is 1. The first-order chi connectivity index (χ1) is 8.08. The average molecular weight is 257 g/mol. The van der Waals surface area contributed by atoms with Crippen LogP contribution in [0.5, 0.6) is 0 Å². The maximum atomic E-state index is 12.0. The van der Waals surface area contributed by atoms with Crippen molar-refractivity contribution in [3.8, 4) is 0 Å². The number of rotatable bonds is 5. The predicted octanol–water partition coefficient (Wildman–Crippen LogP) is 2.52. The molecular weight excluding hydrogens is 234 g/mol. The number of carboxylic acid groups (broad SMARTS) is 1. The van der Waals surface area contributed by atoms with E-state index in [1.807, 2.05) is 13.8 Å². The number of carbonyl (C=O) groups excluding carboxylic acids is 1. The molecule has 0 radical (unpaired) electrons. The Morgan fingerprint density at radius 1 is 1.39 bits per heavy atom. The van der Waals surface area contributed by atoms with Gasteiger partial charge in [0.15, 0.2) is 6.04 Å². The molecule has 0 heterocycles. The van der Waals surface area contributed by atoms with Crippen LogP contribution in [0.4, 0.5) is 4.79 Å². The van der Waals surface area contributed by atoms with Crippen molar-refractivity contribution in [2.45, 2.75) is 46.3 Å². The van der Waals surface area contributed by atoms with Crippen LogP contribution in [0, 0.1) is 5.92 Å². The van der Waals surface area contributed by atoms with Gasteiger partial charge in [-0.3, -0.25) is 4.90 Å². The molecule has 0 fully saturated rings. The minimum absolute atomic E-state index is 0.138. The standard InChI is InChI=1S/C13H23NO4/c1-7-10(11(15)16)14(8-9(2)3)12(17)18-13(4,5)6/h7,9-10H,1,8H2,2-6H3,(H,15,16)/t10-/m0/s1. The fourth-order valence-corrected chi connectivity index (χ4v) is 1.38. The van der Waals surface area contributed by atoms with Gasteiger partial charge in [0.25, 0.3) is 0 Å². The van der Waals surface area contributed by atoms with Crippen molar-refractivity contribution in [2.75, 3.05) is 6.54 Å². The van der Waals surface area contributed by atoms with Crippen molar-refractivity contribution >= 4 is 12.1 Å². The smallest absolute Gasteiger partial charge is 0.411 e. The normalized spacial score (nSPS) is 13.0. The van der Waals surface area contributed by atoms with Crippen molar-refractivity contribution < 1.29 is 19.4 Å². The van der Waals surface area contributed by atoms with Gasteiger partial charge in [-0.1, -0.05) is 19.9 Å². The summed E-state index contributed by atoms with van der Waals surface area (Å²) >= 11 is 0. The Bertz CT molecular complexity index is 317. The molecule has 0 saturated heterocycles. The largest absolute Gasteiger partial charge is 0.479 e. The molecule has 0 spiro atoms. The van der Waals surface area contributed by atoms with Crippen LogP contribution < -0.4 is 0 Å². The Kier molecular flexibility index (Phi) is 5.88. The first kappa shape index (κ1) is 16.5. The molecule has 5 nitrogen and oxygen atoms in total. The molecule has 0 aliphatic carbocycles. The topological polar surface area (TPSA) is 66.8 Å². The van der Waals surface area contributed by atoms with E-state index in [1.54, 1.807) is 20.8 Å². The lowest BCUT2D eigenvalue weighted by Crippen LogP contribution is -2.47. The molecule has 0 aliphatic heterocycles. The number of carboxylic acids is 1. The molecule has 104 valence electrons. The van der Waals surface area contributed by atoms with E-state index in [-0.39, 0.29) is 5.92 Å². The second-order valence-corrected chi connectivity index (χ2v) is 5.55. The molecule has 0 bridgehead atoms. The average Bonchev–Trinajstić information content (AvgIpc) is 2.13. The highest BCUT2D eigenvalue weighted by atomic mass is 16.6. The van der Waals surface area contributed by atoms with Crippen LogP contribution in [0.25, 0.3) is 0 Å². The van der Waals surface area contributed by atoms with Crippen LogP contribution in [0.1, 0.15) is 34.6 Å². The number of carbonyl (C=O) groups is 2. The molecular formula is C13H23NO4.